The first kappa shape index (κ1) is 15.4. The molecule has 0 unspecified atom stereocenters. The lowest BCUT2D eigenvalue weighted by molar-refractivity contribution is 0.601. The van der Waals surface area contributed by atoms with E-state index in [1.807, 2.05) is 13.8 Å². The lowest BCUT2D eigenvalue weighted by atomic mass is 10.3. The van der Waals surface area contributed by atoms with Gasteiger partial charge in [0.25, 0.3) is 10.0 Å². The molecule has 2 aromatic rings. The van der Waals surface area contributed by atoms with Gasteiger partial charge in [0.15, 0.2) is 0 Å². The van der Waals surface area contributed by atoms with Gasteiger partial charge in [0.1, 0.15) is 0 Å². The zero-order chi connectivity index (χ0) is 15.5. The second-order valence-corrected chi connectivity index (χ2v) is 6.36. The van der Waals surface area contributed by atoms with Crippen LogP contribution in [0.4, 0.5) is 11.4 Å². The molecule has 0 aliphatic heterocycles. The SMILES string of the molecule is CCNc1ccc(S(=O)(=O)Nc2cn(C)nc2CC)cc1. The van der Waals surface area contributed by atoms with Gasteiger partial charge < -0.3 is 5.32 Å². The van der Waals surface area contributed by atoms with Crippen LogP contribution in [-0.2, 0) is 23.5 Å². The zero-order valence-corrected chi connectivity index (χ0v) is 13.2. The van der Waals surface area contributed by atoms with Gasteiger partial charge >= 0.3 is 0 Å². The standard InChI is InChI=1S/C14H20N4O2S/c1-4-13-14(10-18(3)16-13)17-21(19,20)12-8-6-11(7-9-12)15-5-2/h6-10,15,17H,4-5H2,1-3H3. The van der Waals surface area contributed by atoms with Crippen molar-refractivity contribution in [2.24, 2.45) is 7.05 Å². The Morgan fingerprint density at radius 3 is 2.43 bits per heavy atom. The summed E-state index contributed by atoms with van der Waals surface area (Å²) in [6.45, 7) is 4.71. The molecule has 0 radical (unpaired) electrons. The van der Waals surface area contributed by atoms with Gasteiger partial charge in [0.05, 0.1) is 16.3 Å². The summed E-state index contributed by atoms with van der Waals surface area (Å²) >= 11 is 0. The summed E-state index contributed by atoms with van der Waals surface area (Å²) in [5.74, 6) is 0. The van der Waals surface area contributed by atoms with Crippen LogP contribution in [0.3, 0.4) is 0 Å². The van der Waals surface area contributed by atoms with E-state index in [1.54, 1.807) is 42.2 Å². The van der Waals surface area contributed by atoms with Crippen molar-refractivity contribution in [2.45, 2.75) is 25.2 Å². The predicted molar refractivity (Wildman–Crippen MR) is 84.0 cm³/mol. The van der Waals surface area contributed by atoms with E-state index in [9.17, 15) is 8.42 Å². The first-order valence-corrected chi connectivity index (χ1v) is 8.34. The number of hydrogen-bond acceptors (Lipinski definition) is 4. The van der Waals surface area contributed by atoms with E-state index in [-0.39, 0.29) is 4.90 Å². The monoisotopic (exact) mass is 308 g/mol. The van der Waals surface area contributed by atoms with E-state index in [2.05, 4.69) is 15.1 Å². The average Bonchev–Trinajstić information content (AvgIpc) is 2.79. The Kier molecular flexibility index (Phi) is 4.52. The number of aryl methyl sites for hydroxylation is 2. The largest absolute Gasteiger partial charge is 0.385 e. The third-order valence-electron chi connectivity index (χ3n) is 3.03. The molecule has 0 fully saturated rings. The van der Waals surface area contributed by atoms with E-state index in [0.29, 0.717) is 12.1 Å². The molecule has 114 valence electrons. The molecule has 1 aromatic heterocycles. The maximum absolute atomic E-state index is 12.4. The maximum atomic E-state index is 12.4. The van der Waals surface area contributed by atoms with E-state index in [4.69, 9.17) is 0 Å². The van der Waals surface area contributed by atoms with Crippen LogP contribution in [0.25, 0.3) is 0 Å². The van der Waals surface area contributed by atoms with Gasteiger partial charge in [-0.25, -0.2) is 8.42 Å². The lowest BCUT2D eigenvalue weighted by Gasteiger charge is -2.08. The van der Waals surface area contributed by atoms with Gasteiger partial charge in [-0.2, -0.15) is 5.10 Å². The van der Waals surface area contributed by atoms with Crippen LogP contribution in [0, 0.1) is 0 Å². The molecule has 6 nitrogen and oxygen atoms in total. The number of nitrogens with zero attached hydrogens (tertiary/aromatic N) is 2. The molecule has 0 amide bonds. The summed E-state index contributed by atoms with van der Waals surface area (Å²) in [7, 11) is -1.83. The van der Waals surface area contributed by atoms with Gasteiger partial charge in [-0.15, -0.1) is 0 Å². The zero-order valence-electron chi connectivity index (χ0n) is 12.4. The summed E-state index contributed by atoms with van der Waals surface area (Å²) < 4.78 is 29.0. The molecule has 0 aliphatic rings. The number of benzene rings is 1. The van der Waals surface area contributed by atoms with Gasteiger partial charge in [0, 0.05) is 25.5 Å². The van der Waals surface area contributed by atoms with Crippen molar-refractivity contribution in [3.63, 3.8) is 0 Å². The Balaban J connectivity index is 2.25. The number of hydrogen-bond donors (Lipinski definition) is 2. The summed E-state index contributed by atoms with van der Waals surface area (Å²) in [4.78, 5) is 0.232. The van der Waals surface area contributed by atoms with E-state index < -0.39 is 10.0 Å². The molecular formula is C14H20N4O2S. The Morgan fingerprint density at radius 1 is 1.19 bits per heavy atom. The molecule has 7 heteroatoms. The third-order valence-corrected chi connectivity index (χ3v) is 4.41. The molecule has 0 bridgehead atoms. The Bertz CT molecular complexity index is 705. The van der Waals surface area contributed by atoms with E-state index in [0.717, 1.165) is 17.9 Å². The molecule has 2 N–H and O–H groups in total. The fourth-order valence-electron chi connectivity index (χ4n) is 2.04. The highest BCUT2D eigenvalue weighted by Crippen LogP contribution is 2.20. The van der Waals surface area contributed by atoms with Crippen molar-refractivity contribution >= 4 is 21.4 Å². The normalized spacial score (nSPS) is 11.4. The van der Waals surface area contributed by atoms with E-state index in [1.165, 1.54) is 0 Å². The maximum Gasteiger partial charge on any atom is 0.262 e. The Labute approximate surface area is 125 Å². The quantitative estimate of drug-likeness (QED) is 0.858. The number of anilines is 2. The first-order valence-electron chi connectivity index (χ1n) is 6.85. The van der Waals surface area contributed by atoms with Crippen LogP contribution in [0.1, 0.15) is 19.5 Å². The Morgan fingerprint density at radius 2 is 1.86 bits per heavy atom. The molecule has 0 saturated heterocycles. The molecular weight excluding hydrogens is 288 g/mol. The minimum absolute atomic E-state index is 0.232. The second-order valence-electron chi connectivity index (χ2n) is 4.68. The van der Waals surface area contributed by atoms with Crippen LogP contribution in [-0.4, -0.2) is 24.7 Å². The summed E-state index contributed by atoms with van der Waals surface area (Å²) in [6.07, 6.45) is 2.33. The van der Waals surface area contributed by atoms with Gasteiger partial charge in [-0.3, -0.25) is 9.40 Å². The molecule has 1 heterocycles. The van der Waals surface area contributed by atoms with Crippen LogP contribution >= 0.6 is 0 Å². The lowest BCUT2D eigenvalue weighted by Crippen LogP contribution is -2.13. The fourth-order valence-corrected chi connectivity index (χ4v) is 3.11. The number of nitrogens with one attached hydrogen (secondary N) is 2. The molecule has 21 heavy (non-hydrogen) atoms. The highest BCUT2D eigenvalue weighted by atomic mass is 32.2. The fraction of sp³-hybridized carbons (Fsp3) is 0.357. The molecule has 0 atom stereocenters. The summed E-state index contributed by atoms with van der Waals surface area (Å²) in [5.41, 5.74) is 2.15. The highest BCUT2D eigenvalue weighted by Gasteiger charge is 2.17. The molecule has 0 aliphatic carbocycles. The van der Waals surface area contributed by atoms with Crippen LogP contribution in [0.2, 0.25) is 0 Å². The summed E-state index contributed by atoms with van der Waals surface area (Å²) in [6, 6.07) is 6.68. The van der Waals surface area contributed by atoms with E-state index >= 15 is 0 Å². The number of sulfonamides is 1. The topological polar surface area (TPSA) is 76.0 Å². The van der Waals surface area contributed by atoms with Crippen LogP contribution < -0.4 is 10.0 Å². The van der Waals surface area contributed by atoms with Crippen LogP contribution in [0.15, 0.2) is 35.4 Å². The van der Waals surface area contributed by atoms with Crippen molar-refractivity contribution in [2.75, 3.05) is 16.6 Å². The predicted octanol–water partition coefficient (Wildman–Crippen LogP) is 2.22. The summed E-state index contributed by atoms with van der Waals surface area (Å²) in [5, 5.41) is 7.35. The van der Waals surface area contributed by atoms with Crippen LogP contribution in [0.5, 0.6) is 0 Å². The van der Waals surface area contributed by atoms with Crippen molar-refractivity contribution < 1.29 is 8.42 Å². The smallest absolute Gasteiger partial charge is 0.262 e. The highest BCUT2D eigenvalue weighted by molar-refractivity contribution is 7.92. The van der Waals surface area contributed by atoms with Crippen molar-refractivity contribution in [1.29, 1.82) is 0 Å². The van der Waals surface area contributed by atoms with Crippen molar-refractivity contribution in [3.8, 4) is 0 Å². The van der Waals surface area contributed by atoms with Gasteiger partial charge in [-0.1, -0.05) is 6.92 Å². The second kappa shape index (κ2) is 6.17. The molecule has 0 saturated carbocycles. The van der Waals surface area contributed by atoms with Crippen molar-refractivity contribution in [3.05, 3.63) is 36.2 Å². The first-order chi connectivity index (χ1) is 9.96. The molecule has 2 rings (SSSR count). The number of aromatic nitrogens is 2. The third kappa shape index (κ3) is 3.55. The minimum atomic E-state index is -3.60. The molecule has 0 spiro atoms. The van der Waals surface area contributed by atoms with Gasteiger partial charge in [-0.05, 0) is 37.6 Å². The number of rotatable bonds is 6. The molecule has 1 aromatic carbocycles. The van der Waals surface area contributed by atoms with Gasteiger partial charge in [0.2, 0.25) is 0 Å². The van der Waals surface area contributed by atoms with Crippen molar-refractivity contribution in [1.82, 2.24) is 9.78 Å². The average molecular weight is 308 g/mol. The minimum Gasteiger partial charge on any atom is -0.385 e. The Hall–Kier alpha value is -2.02.